The van der Waals surface area contributed by atoms with Crippen molar-refractivity contribution in [2.75, 3.05) is 13.2 Å². The quantitative estimate of drug-likeness (QED) is 0.0262. The summed E-state index contributed by atoms with van der Waals surface area (Å²) in [5, 5.41) is 0. The Balaban J connectivity index is 4.31. The molecule has 0 aliphatic carbocycles. The average Bonchev–Trinajstić information content (AvgIpc) is 3.28. The van der Waals surface area contributed by atoms with Gasteiger partial charge in [0.1, 0.15) is 13.2 Å². The lowest BCUT2D eigenvalue weighted by Gasteiger charge is -2.18. The van der Waals surface area contributed by atoms with Crippen LogP contribution in [0.15, 0.2) is 48.6 Å². The van der Waals surface area contributed by atoms with Crippen LogP contribution in [0.1, 0.15) is 278 Å². The third-order valence-corrected chi connectivity index (χ3v) is 11.8. The molecule has 0 amide bonds. The highest BCUT2D eigenvalue weighted by Crippen LogP contribution is 2.15. The molecule has 0 saturated carbocycles. The predicted octanol–water partition coefficient (Wildman–Crippen LogP) is 17.9. The Morgan fingerprint density at radius 3 is 1.00 bits per heavy atom. The summed E-state index contributed by atoms with van der Waals surface area (Å²) in [6.45, 7) is 6.56. The van der Waals surface area contributed by atoms with Gasteiger partial charge < -0.3 is 14.2 Å². The van der Waals surface area contributed by atoms with Gasteiger partial charge in [-0.25, -0.2) is 0 Å². The number of carbonyl (C=O) groups is 3. The summed E-state index contributed by atoms with van der Waals surface area (Å²) in [7, 11) is 0. The number of hydrogen-bond acceptors (Lipinski definition) is 6. The van der Waals surface area contributed by atoms with Crippen molar-refractivity contribution in [2.45, 2.75) is 284 Å². The molecule has 0 N–H and O–H groups in total. The fraction of sp³-hybridized carbons (Fsp3) is 0.807. The van der Waals surface area contributed by atoms with Gasteiger partial charge >= 0.3 is 17.9 Å². The van der Waals surface area contributed by atoms with Crippen molar-refractivity contribution in [1.29, 1.82) is 0 Å². The van der Waals surface area contributed by atoms with Crippen LogP contribution >= 0.6 is 0 Å². The van der Waals surface area contributed by atoms with Crippen LogP contribution in [0, 0.1) is 0 Å². The van der Waals surface area contributed by atoms with E-state index in [0.29, 0.717) is 25.7 Å². The van der Waals surface area contributed by atoms with E-state index in [2.05, 4.69) is 69.4 Å². The van der Waals surface area contributed by atoms with E-state index in [4.69, 9.17) is 14.2 Å². The molecule has 1 unspecified atom stereocenters. The average molecular weight is 883 g/mol. The molecule has 6 nitrogen and oxygen atoms in total. The minimum absolute atomic E-state index is 0.0862. The first kappa shape index (κ1) is 60.4. The molecule has 6 heteroatoms. The maximum Gasteiger partial charge on any atom is 0.306 e. The third kappa shape index (κ3) is 50.2. The van der Waals surface area contributed by atoms with Crippen LogP contribution in [-0.2, 0) is 28.6 Å². The molecule has 0 saturated heterocycles. The molecule has 0 radical (unpaired) electrons. The van der Waals surface area contributed by atoms with E-state index in [0.717, 1.165) is 64.2 Å². The van der Waals surface area contributed by atoms with Gasteiger partial charge in [0.25, 0.3) is 0 Å². The molecular formula is C57H102O6. The highest BCUT2D eigenvalue weighted by atomic mass is 16.6. The molecule has 0 rings (SSSR count). The second kappa shape index (κ2) is 52.0. The zero-order valence-electron chi connectivity index (χ0n) is 41.8. The molecular weight excluding hydrogens is 781 g/mol. The van der Waals surface area contributed by atoms with Crippen LogP contribution in [0.5, 0.6) is 0 Å². The Hall–Kier alpha value is -2.63. The van der Waals surface area contributed by atoms with E-state index in [-0.39, 0.29) is 31.1 Å². The Bertz CT molecular complexity index is 1110. The number of allylic oxidation sites excluding steroid dienone is 8. The number of rotatable bonds is 49. The second-order valence-corrected chi connectivity index (χ2v) is 18.1. The summed E-state index contributed by atoms with van der Waals surface area (Å²) in [5.74, 6) is -0.928. The third-order valence-electron chi connectivity index (χ3n) is 11.8. The molecule has 0 aliphatic rings. The van der Waals surface area contributed by atoms with Gasteiger partial charge in [-0.2, -0.15) is 0 Å². The van der Waals surface area contributed by atoms with Crippen LogP contribution in [0.4, 0.5) is 0 Å². The van der Waals surface area contributed by atoms with Gasteiger partial charge in [-0.15, -0.1) is 0 Å². The van der Waals surface area contributed by atoms with Crippen LogP contribution < -0.4 is 0 Å². The van der Waals surface area contributed by atoms with Gasteiger partial charge in [0.2, 0.25) is 0 Å². The van der Waals surface area contributed by atoms with E-state index >= 15 is 0 Å². The Morgan fingerprint density at radius 1 is 0.317 bits per heavy atom. The SMILES string of the molecule is CCCCC/C=C\C/C=C\CCCCCCCCCC(=O)OC(COC(=O)CCC/C=C\CCCCCC)COC(=O)CCCCCCCCC/C=C\CCCCCCCCCC. The van der Waals surface area contributed by atoms with Crippen LogP contribution in [0.25, 0.3) is 0 Å². The minimum Gasteiger partial charge on any atom is -0.462 e. The lowest BCUT2D eigenvalue weighted by Crippen LogP contribution is -2.30. The highest BCUT2D eigenvalue weighted by molar-refractivity contribution is 5.71. The Kier molecular flexibility index (Phi) is 49.8. The van der Waals surface area contributed by atoms with E-state index in [1.807, 2.05) is 0 Å². The molecule has 0 aromatic rings. The van der Waals surface area contributed by atoms with Crippen LogP contribution in [0.3, 0.4) is 0 Å². The molecule has 0 fully saturated rings. The van der Waals surface area contributed by atoms with Gasteiger partial charge in [-0.1, -0.05) is 211 Å². The molecule has 1 atom stereocenters. The van der Waals surface area contributed by atoms with Crippen molar-refractivity contribution in [3.05, 3.63) is 48.6 Å². The van der Waals surface area contributed by atoms with Crippen molar-refractivity contribution in [1.82, 2.24) is 0 Å². The van der Waals surface area contributed by atoms with Crippen LogP contribution in [-0.4, -0.2) is 37.2 Å². The molecule has 366 valence electrons. The summed E-state index contributed by atoms with van der Waals surface area (Å²) in [6.07, 6.45) is 62.5. The first-order chi connectivity index (χ1) is 31.0. The minimum atomic E-state index is -0.788. The molecule has 0 aromatic carbocycles. The monoisotopic (exact) mass is 883 g/mol. The summed E-state index contributed by atoms with van der Waals surface area (Å²) in [6, 6.07) is 0. The van der Waals surface area contributed by atoms with Crippen molar-refractivity contribution in [2.24, 2.45) is 0 Å². The second-order valence-electron chi connectivity index (χ2n) is 18.1. The zero-order valence-corrected chi connectivity index (χ0v) is 41.8. The normalized spacial score (nSPS) is 12.4. The molecule has 0 bridgehead atoms. The van der Waals surface area contributed by atoms with Crippen molar-refractivity contribution in [3.63, 3.8) is 0 Å². The van der Waals surface area contributed by atoms with E-state index in [9.17, 15) is 14.4 Å². The fourth-order valence-electron chi connectivity index (χ4n) is 7.65. The maximum atomic E-state index is 12.8. The number of ether oxygens (including phenoxy) is 3. The van der Waals surface area contributed by atoms with Crippen molar-refractivity contribution >= 4 is 17.9 Å². The van der Waals surface area contributed by atoms with Crippen molar-refractivity contribution in [3.8, 4) is 0 Å². The van der Waals surface area contributed by atoms with E-state index in [1.165, 1.54) is 167 Å². The number of esters is 3. The fourth-order valence-corrected chi connectivity index (χ4v) is 7.65. The summed E-state index contributed by atoms with van der Waals surface area (Å²) >= 11 is 0. The smallest absolute Gasteiger partial charge is 0.306 e. The molecule has 0 heterocycles. The topological polar surface area (TPSA) is 78.9 Å². The highest BCUT2D eigenvalue weighted by Gasteiger charge is 2.19. The van der Waals surface area contributed by atoms with Gasteiger partial charge in [0.15, 0.2) is 6.10 Å². The van der Waals surface area contributed by atoms with E-state index in [1.54, 1.807) is 0 Å². The number of hydrogen-bond donors (Lipinski definition) is 0. The summed E-state index contributed by atoms with van der Waals surface area (Å²) in [5.41, 5.74) is 0. The molecule has 0 spiro atoms. The first-order valence-corrected chi connectivity index (χ1v) is 27.1. The zero-order chi connectivity index (χ0) is 45.8. The molecule has 0 aliphatic heterocycles. The standard InChI is InChI=1S/C57H102O6/c1-4-7-10-13-16-19-21-23-25-27-28-30-31-33-35-38-41-44-47-50-56(59)62-53-54(52-61-55(58)49-46-43-40-37-18-15-12-9-6-3)63-57(60)51-48-45-42-39-36-34-32-29-26-24-22-20-17-14-11-8-5-2/h17,20,24,26-28,37,40,54H,4-16,18-19,21-23,25,29-36,38-39,41-53H2,1-3H3/b20-17-,26-24-,28-27-,40-37-. The number of unbranched alkanes of at least 4 members (excludes halogenated alkanes) is 30. The van der Waals surface area contributed by atoms with Gasteiger partial charge in [-0.3, -0.25) is 14.4 Å². The predicted molar refractivity (Wildman–Crippen MR) is 270 cm³/mol. The van der Waals surface area contributed by atoms with E-state index < -0.39 is 6.10 Å². The van der Waals surface area contributed by atoms with Crippen LogP contribution in [0.2, 0.25) is 0 Å². The Morgan fingerprint density at radius 2 is 0.587 bits per heavy atom. The summed E-state index contributed by atoms with van der Waals surface area (Å²) < 4.78 is 16.8. The summed E-state index contributed by atoms with van der Waals surface area (Å²) in [4.78, 5) is 37.9. The van der Waals surface area contributed by atoms with Gasteiger partial charge in [0.05, 0.1) is 0 Å². The lowest BCUT2D eigenvalue weighted by atomic mass is 10.1. The van der Waals surface area contributed by atoms with Crippen molar-refractivity contribution < 1.29 is 28.6 Å². The molecule has 0 aromatic heterocycles. The van der Waals surface area contributed by atoms with Gasteiger partial charge in [0, 0.05) is 19.3 Å². The Labute approximate surface area is 390 Å². The number of carbonyl (C=O) groups excluding carboxylic acids is 3. The molecule has 63 heavy (non-hydrogen) atoms. The lowest BCUT2D eigenvalue weighted by molar-refractivity contribution is -0.167. The largest absolute Gasteiger partial charge is 0.462 e. The maximum absolute atomic E-state index is 12.8. The van der Waals surface area contributed by atoms with Gasteiger partial charge in [-0.05, 0) is 96.3 Å². The first-order valence-electron chi connectivity index (χ1n) is 27.1.